The molecular formula is C15H17N3OS. The first-order valence-electron chi connectivity index (χ1n) is 6.62. The van der Waals surface area contributed by atoms with Crippen molar-refractivity contribution in [3.8, 4) is 5.75 Å². The molecule has 3 rings (SSSR count). The molecule has 1 aromatic heterocycles. The van der Waals surface area contributed by atoms with Crippen molar-refractivity contribution < 1.29 is 4.74 Å². The normalized spacial score (nSPS) is 19.1. The number of thioether (sulfide) groups is 1. The predicted octanol–water partition coefficient (Wildman–Crippen LogP) is 3.03. The van der Waals surface area contributed by atoms with Gasteiger partial charge in [0.1, 0.15) is 5.75 Å². The van der Waals surface area contributed by atoms with Crippen LogP contribution in [0.15, 0.2) is 35.4 Å². The molecule has 0 spiro atoms. The van der Waals surface area contributed by atoms with Crippen LogP contribution in [0.2, 0.25) is 0 Å². The number of nitrogens with two attached hydrogens (primary N) is 1. The highest BCUT2D eigenvalue weighted by molar-refractivity contribution is 7.99. The van der Waals surface area contributed by atoms with E-state index in [2.05, 4.69) is 16.0 Å². The predicted molar refractivity (Wildman–Crippen MR) is 79.9 cm³/mol. The van der Waals surface area contributed by atoms with Gasteiger partial charge in [-0.1, -0.05) is 12.1 Å². The second-order valence-corrected chi connectivity index (χ2v) is 5.98. The molecule has 1 aliphatic rings. The molecule has 2 unspecified atom stereocenters. The fourth-order valence-electron chi connectivity index (χ4n) is 2.24. The number of benzene rings is 1. The summed E-state index contributed by atoms with van der Waals surface area (Å²) in [6.45, 7) is 3.91. The van der Waals surface area contributed by atoms with Gasteiger partial charge in [-0.3, -0.25) is 0 Å². The molecule has 0 amide bonds. The third-order valence-corrected chi connectivity index (χ3v) is 4.44. The quantitative estimate of drug-likeness (QED) is 0.920. The van der Waals surface area contributed by atoms with Gasteiger partial charge in [-0.2, -0.15) is 0 Å². The maximum absolute atomic E-state index is 6.00. The summed E-state index contributed by atoms with van der Waals surface area (Å²) in [5.74, 6) is 2.47. The zero-order chi connectivity index (χ0) is 14.1. The van der Waals surface area contributed by atoms with Crippen molar-refractivity contribution in [2.75, 3.05) is 5.75 Å². The summed E-state index contributed by atoms with van der Waals surface area (Å²) in [6.07, 6.45) is 1.72. The zero-order valence-corrected chi connectivity index (χ0v) is 12.4. The van der Waals surface area contributed by atoms with Gasteiger partial charge >= 0.3 is 0 Å². The smallest absolute Gasteiger partial charge is 0.170 e. The summed E-state index contributed by atoms with van der Waals surface area (Å²) < 4.78 is 6.00. The molecule has 0 saturated carbocycles. The molecule has 104 valence electrons. The van der Waals surface area contributed by atoms with Crippen molar-refractivity contribution in [1.29, 1.82) is 0 Å². The Morgan fingerprint density at radius 3 is 2.95 bits per heavy atom. The monoisotopic (exact) mass is 287 g/mol. The Balaban J connectivity index is 1.86. The van der Waals surface area contributed by atoms with Crippen molar-refractivity contribution in [3.63, 3.8) is 0 Å². The van der Waals surface area contributed by atoms with E-state index in [-0.39, 0.29) is 12.1 Å². The molecule has 0 radical (unpaired) electrons. The van der Waals surface area contributed by atoms with Crippen molar-refractivity contribution >= 4 is 11.8 Å². The zero-order valence-electron chi connectivity index (χ0n) is 11.5. The van der Waals surface area contributed by atoms with Gasteiger partial charge in [-0.25, -0.2) is 9.97 Å². The van der Waals surface area contributed by atoms with E-state index in [4.69, 9.17) is 10.5 Å². The Morgan fingerprint density at radius 2 is 2.20 bits per heavy atom. The molecule has 0 aliphatic carbocycles. The lowest BCUT2D eigenvalue weighted by Crippen LogP contribution is -2.19. The molecule has 2 heterocycles. The number of aryl methyl sites for hydroxylation is 1. The van der Waals surface area contributed by atoms with Crippen LogP contribution in [0.4, 0.5) is 0 Å². The Hall–Kier alpha value is -1.59. The van der Waals surface area contributed by atoms with E-state index in [1.54, 1.807) is 11.8 Å². The summed E-state index contributed by atoms with van der Waals surface area (Å²) in [6, 6.07) is 8.01. The van der Waals surface area contributed by atoms with Gasteiger partial charge < -0.3 is 10.5 Å². The third-order valence-electron chi connectivity index (χ3n) is 3.32. The van der Waals surface area contributed by atoms with Crippen LogP contribution in [-0.4, -0.2) is 15.7 Å². The van der Waals surface area contributed by atoms with Gasteiger partial charge in [0.2, 0.25) is 0 Å². The minimum atomic E-state index is -0.101. The van der Waals surface area contributed by atoms with Gasteiger partial charge in [0.05, 0.1) is 0 Å². The molecule has 2 atom stereocenters. The molecule has 2 aromatic rings. The number of fused-ring (bicyclic) bond motifs is 1. The van der Waals surface area contributed by atoms with Crippen LogP contribution in [0.25, 0.3) is 0 Å². The lowest BCUT2D eigenvalue weighted by atomic mass is 10.1. The highest BCUT2D eigenvalue weighted by Crippen LogP contribution is 2.39. The van der Waals surface area contributed by atoms with Gasteiger partial charge in [-0.05, 0) is 26.0 Å². The molecule has 2 N–H and O–H groups in total. The average Bonchev–Trinajstić information content (AvgIpc) is 2.46. The van der Waals surface area contributed by atoms with E-state index >= 15 is 0 Å². The maximum Gasteiger partial charge on any atom is 0.170 e. The van der Waals surface area contributed by atoms with Crippen LogP contribution in [-0.2, 0) is 0 Å². The second-order valence-electron chi connectivity index (χ2n) is 4.92. The Kier molecular flexibility index (Phi) is 3.63. The summed E-state index contributed by atoms with van der Waals surface area (Å²) in [5, 5.41) is 0. The molecule has 0 bridgehead atoms. The molecular weight excluding hydrogens is 270 g/mol. The Morgan fingerprint density at radius 1 is 1.40 bits per heavy atom. The minimum Gasteiger partial charge on any atom is -0.480 e. The van der Waals surface area contributed by atoms with E-state index in [0.717, 1.165) is 28.6 Å². The summed E-state index contributed by atoms with van der Waals surface area (Å²) in [7, 11) is 0. The first-order valence-corrected chi connectivity index (χ1v) is 7.61. The highest BCUT2D eigenvalue weighted by atomic mass is 32.2. The van der Waals surface area contributed by atoms with Gasteiger partial charge in [-0.15, -0.1) is 11.8 Å². The number of rotatable bonds is 2. The summed E-state index contributed by atoms with van der Waals surface area (Å²) in [5.41, 5.74) is 7.80. The Bertz CT molecular complexity index is 630. The Labute approximate surface area is 122 Å². The highest BCUT2D eigenvalue weighted by Gasteiger charge is 2.24. The molecule has 1 aromatic carbocycles. The minimum absolute atomic E-state index is 0.0496. The lowest BCUT2D eigenvalue weighted by molar-refractivity contribution is 0.210. The third kappa shape index (κ3) is 2.51. The van der Waals surface area contributed by atoms with Crippen LogP contribution in [0, 0.1) is 6.92 Å². The average molecular weight is 287 g/mol. The SMILES string of the molecule is Cc1nc(C2CSc3ccccc3O2)ncc1C(C)N. The van der Waals surface area contributed by atoms with E-state index < -0.39 is 0 Å². The standard InChI is InChI=1S/C15H17N3OS/c1-9(16)11-7-17-15(18-10(11)2)13-8-20-14-6-4-3-5-12(14)19-13/h3-7,9,13H,8,16H2,1-2H3. The summed E-state index contributed by atoms with van der Waals surface area (Å²) >= 11 is 1.78. The van der Waals surface area contributed by atoms with Crippen LogP contribution in [0.5, 0.6) is 5.75 Å². The number of hydrogen-bond donors (Lipinski definition) is 1. The van der Waals surface area contributed by atoms with Gasteiger partial charge in [0, 0.05) is 34.1 Å². The van der Waals surface area contributed by atoms with Crippen molar-refractivity contribution in [1.82, 2.24) is 9.97 Å². The fraction of sp³-hybridized carbons (Fsp3) is 0.333. The van der Waals surface area contributed by atoms with E-state index in [0.29, 0.717) is 0 Å². The second kappa shape index (κ2) is 5.42. The molecule has 4 nitrogen and oxygen atoms in total. The van der Waals surface area contributed by atoms with E-state index in [9.17, 15) is 0 Å². The number of hydrogen-bond acceptors (Lipinski definition) is 5. The molecule has 1 aliphatic heterocycles. The first-order chi connectivity index (χ1) is 9.65. The van der Waals surface area contributed by atoms with Crippen molar-refractivity contribution in [2.24, 2.45) is 5.73 Å². The summed E-state index contributed by atoms with van der Waals surface area (Å²) in [4.78, 5) is 10.2. The largest absolute Gasteiger partial charge is 0.480 e. The molecule has 0 saturated heterocycles. The van der Waals surface area contributed by atoms with Crippen LogP contribution in [0.1, 0.15) is 36.2 Å². The molecule has 20 heavy (non-hydrogen) atoms. The number of aromatic nitrogens is 2. The van der Waals surface area contributed by atoms with Gasteiger partial charge in [0.25, 0.3) is 0 Å². The van der Waals surface area contributed by atoms with Crippen LogP contribution < -0.4 is 10.5 Å². The van der Waals surface area contributed by atoms with Crippen molar-refractivity contribution in [2.45, 2.75) is 30.9 Å². The number of nitrogens with zero attached hydrogens (tertiary/aromatic N) is 2. The molecule has 0 fully saturated rings. The van der Waals surface area contributed by atoms with Crippen molar-refractivity contribution in [3.05, 3.63) is 47.5 Å². The number of para-hydroxylation sites is 1. The van der Waals surface area contributed by atoms with Gasteiger partial charge in [0.15, 0.2) is 11.9 Å². The topological polar surface area (TPSA) is 61.0 Å². The maximum atomic E-state index is 6.00. The van der Waals surface area contributed by atoms with Crippen LogP contribution in [0.3, 0.4) is 0 Å². The van der Waals surface area contributed by atoms with E-state index in [1.807, 2.05) is 38.2 Å². The molecule has 5 heteroatoms. The van der Waals surface area contributed by atoms with E-state index in [1.165, 1.54) is 4.90 Å². The number of ether oxygens (including phenoxy) is 1. The first kappa shape index (κ1) is 13.4. The van der Waals surface area contributed by atoms with Crippen LogP contribution >= 0.6 is 11.8 Å². The fourth-order valence-corrected chi connectivity index (χ4v) is 3.22. The lowest BCUT2D eigenvalue weighted by Gasteiger charge is -2.24.